The third-order valence-corrected chi connectivity index (χ3v) is 4.64. The zero-order valence-corrected chi connectivity index (χ0v) is 17.3. The minimum atomic E-state index is -0.458. The normalized spacial score (nSPS) is 16.3. The second-order valence-corrected chi connectivity index (χ2v) is 7.93. The molecule has 7 nitrogen and oxygen atoms in total. The average Bonchev–Trinajstić information content (AvgIpc) is 3.13. The fraction of sp³-hybridized carbons (Fsp3) is 0.700. The van der Waals surface area contributed by atoms with Crippen LogP contribution in [0.3, 0.4) is 0 Å². The smallest absolute Gasteiger partial charge is 0.410 e. The number of furan rings is 1. The predicted octanol–water partition coefficient (Wildman–Crippen LogP) is 3.32. The van der Waals surface area contributed by atoms with Gasteiger partial charge in [0.1, 0.15) is 11.4 Å². The summed E-state index contributed by atoms with van der Waals surface area (Å²) in [6.45, 7) is 11.6. The van der Waals surface area contributed by atoms with E-state index in [1.165, 1.54) is 0 Å². The van der Waals surface area contributed by atoms with Crippen molar-refractivity contribution in [2.45, 2.75) is 52.7 Å². The first-order valence-corrected chi connectivity index (χ1v) is 9.78. The van der Waals surface area contributed by atoms with Crippen LogP contribution in [0.25, 0.3) is 0 Å². The second kappa shape index (κ2) is 9.67. The van der Waals surface area contributed by atoms with E-state index in [-0.39, 0.29) is 6.09 Å². The van der Waals surface area contributed by atoms with Crippen molar-refractivity contribution in [3.8, 4) is 0 Å². The first kappa shape index (κ1) is 21.1. The van der Waals surface area contributed by atoms with Crippen LogP contribution in [0.15, 0.2) is 27.8 Å². The zero-order valence-electron chi connectivity index (χ0n) is 17.3. The summed E-state index contributed by atoms with van der Waals surface area (Å²) in [5, 5.41) is 3.35. The summed E-state index contributed by atoms with van der Waals surface area (Å²) in [6, 6.07) is 3.83. The molecule has 1 saturated heterocycles. The Morgan fingerprint density at radius 1 is 1.41 bits per heavy atom. The number of carbonyl (C=O) groups is 1. The van der Waals surface area contributed by atoms with Crippen LogP contribution in [0, 0.1) is 5.92 Å². The summed E-state index contributed by atoms with van der Waals surface area (Å²) in [4.78, 5) is 20.8. The van der Waals surface area contributed by atoms with Gasteiger partial charge in [-0.25, -0.2) is 4.79 Å². The lowest BCUT2D eigenvalue weighted by atomic mass is 9.96. The highest BCUT2D eigenvalue weighted by molar-refractivity contribution is 5.79. The molecule has 0 aromatic carbocycles. The maximum atomic E-state index is 12.3. The van der Waals surface area contributed by atoms with Crippen molar-refractivity contribution in [2.75, 3.05) is 33.2 Å². The van der Waals surface area contributed by atoms with Gasteiger partial charge in [0.25, 0.3) is 0 Å². The Hall–Kier alpha value is -2.18. The molecular formula is C20H34N4O3. The van der Waals surface area contributed by atoms with Gasteiger partial charge in [0, 0.05) is 33.2 Å². The molecule has 1 amide bonds. The average molecular weight is 379 g/mol. The van der Waals surface area contributed by atoms with Gasteiger partial charge in [0.15, 0.2) is 5.96 Å². The Kier molecular flexibility index (Phi) is 7.56. The highest BCUT2D eigenvalue weighted by atomic mass is 16.6. The molecule has 0 atom stereocenters. The Bertz CT molecular complexity index is 599. The molecule has 2 rings (SSSR count). The summed E-state index contributed by atoms with van der Waals surface area (Å²) < 4.78 is 10.9. The minimum Gasteiger partial charge on any atom is -0.467 e. The summed E-state index contributed by atoms with van der Waals surface area (Å²) in [5.74, 6) is 2.27. The first-order chi connectivity index (χ1) is 12.8. The van der Waals surface area contributed by atoms with E-state index in [2.05, 4.69) is 15.2 Å². The molecule has 0 unspecified atom stereocenters. The van der Waals surface area contributed by atoms with E-state index in [9.17, 15) is 4.79 Å². The van der Waals surface area contributed by atoms with Gasteiger partial charge in [-0.15, -0.1) is 0 Å². The highest BCUT2D eigenvalue weighted by Crippen LogP contribution is 2.20. The van der Waals surface area contributed by atoms with E-state index in [0.29, 0.717) is 19.0 Å². The van der Waals surface area contributed by atoms with Crippen LogP contribution < -0.4 is 5.32 Å². The number of ether oxygens (including phenoxy) is 1. The zero-order chi connectivity index (χ0) is 19.9. The van der Waals surface area contributed by atoms with E-state index in [1.807, 2.05) is 44.7 Å². The highest BCUT2D eigenvalue weighted by Gasteiger charge is 2.27. The maximum Gasteiger partial charge on any atom is 0.410 e. The molecule has 0 bridgehead atoms. The maximum absolute atomic E-state index is 12.3. The standard InChI is InChI=1S/C20H34N4O3/c1-6-23(19(25)27-20(2,3)4)15-16-9-11-24(12-10-16)18(21-5)22-14-17-8-7-13-26-17/h7-8,13,16H,6,9-12,14-15H2,1-5H3,(H,21,22). The molecule has 0 radical (unpaired) electrons. The number of carbonyl (C=O) groups excluding carboxylic acids is 1. The van der Waals surface area contributed by atoms with Gasteiger partial charge in [-0.1, -0.05) is 0 Å². The Morgan fingerprint density at radius 3 is 2.63 bits per heavy atom. The molecule has 1 aliphatic heterocycles. The lowest BCUT2D eigenvalue weighted by molar-refractivity contribution is 0.0214. The Balaban J connectivity index is 1.80. The largest absolute Gasteiger partial charge is 0.467 e. The van der Waals surface area contributed by atoms with Gasteiger partial charge in [0.2, 0.25) is 0 Å². The number of piperidine rings is 1. The fourth-order valence-corrected chi connectivity index (χ4v) is 3.21. The van der Waals surface area contributed by atoms with Crippen LogP contribution >= 0.6 is 0 Å². The predicted molar refractivity (Wildman–Crippen MR) is 107 cm³/mol. The minimum absolute atomic E-state index is 0.219. The van der Waals surface area contributed by atoms with Crippen molar-refractivity contribution in [1.82, 2.24) is 15.1 Å². The van der Waals surface area contributed by atoms with Crippen molar-refractivity contribution in [1.29, 1.82) is 0 Å². The molecular weight excluding hydrogens is 344 g/mol. The lowest BCUT2D eigenvalue weighted by Gasteiger charge is -2.36. The van der Waals surface area contributed by atoms with E-state index in [0.717, 1.165) is 44.2 Å². The van der Waals surface area contributed by atoms with Gasteiger partial charge in [-0.05, 0) is 58.6 Å². The topological polar surface area (TPSA) is 70.3 Å². The fourth-order valence-electron chi connectivity index (χ4n) is 3.21. The Labute approximate surface area is 162 Å². The van der Waals surface area contributed by atoms with Crippen LogP contribution in [0.1, 0.15) is 46.3 Å². The van der Waals surface area contributed by atoms with Gasteiger partial charge in [-0.2, -0.15) is 0 Å². The molecule has 27 heavy (non-hydrogen) atoms. The third kappa shape index (κ3) is 6.81. The van der Waals surface area contributed by atoms with Crippen LogP contribution in [0.4, 0.5) is 4.79 Å². The number of guanidine groups is 1. The molecule has 1 fully saturated rings. The van der Waals surface area contributed by atoms with E-state index < -0.39 is 5.60 Å². The molecule has 1 aliphatic rings. The van der Waals surface area contributed by atoms with Gasteiger partial charge in [-0.3, -0.25) is 4.99 Å². The molecule has 152 valence electrons. The van der Waals surface area contributed by atoms with Crippen LogP contribution in [-0.2, 0) is 11.3 Å². The van der Waals surface area contributed by atoms with E-state index in [1.54, 1.807) is 13.3 Å². The van der Waals surface area contributed by atoms with E-state index >= 15 is 0 Å². The monoisotopic (exact) mass is 378 g/mol. The Morgan fingerprint density at radius 2 is 2.11 bits per heavy atom. The quantitative estimate of drug-likeness (QED) is 0.629. The number of hydrogen-bond acceptors (Lipinski definition) is 4. The SMILES string of the molecule is CCN(CC1CCN(C(=NC)NCc2ccco2)CC1)C(=O)OC(C)(C)C. The van der Waals surface area contributed by atoms with Gasteiger partial charge < -0.3 is 24.3 Å². The number of nitrogens with zero attached hydrogens (tertiary/aromatic N) is 3. The lowest BCUT2D eigenvalue weighted by Crippen LogP contribution is -2.47. The first-order valence-electron chi connectivity index (χ1n) is 9.78. The number of amides is 1. The van der Waals surface area contributed by atoms with Crippen molar-refractivity contribution in [3.63, 3.8) is 0 Å². The third-order valence-electron chi connectivity index (χ3n) is 4.64. The van der Waals surface area contributed by atoms with Gasteiger partial charge >= 0.3 is 6.09 Å². The van der Waals surface area contributed by atoms with Crippen molar-refractivity contribution in [2.24, 2.45) is 10.9 Å². The number of aliphatic imine (C=N–C) groups is 1. The molecule has 1 aromatic heterocycles. The van der Waals surface area contributed by atoms with E-state index in [4.69, 9.17) is 9.15 Å². The van der Waals surface area contributed by atoms with Crippen LogP contribution in [0.2, 0.25) is 0 Å². The molecule has 2 heterocycles. The molecule has 1 N–H and O–H groups in total. The molecule has 1 aromatic rings. The summed E-state index contributed by atoms with van der Waals surface area (Å²) in [7, 11) is 1.80. The molecule has 0 spiro atoms. The van der Waals surface area contributed by atoms with Crippen LogP contribution in [-0.4, -0.2) is 60.7 Å². The van der Waals surface area contributed by atoms with Crippen LogP contribution in [0.5, 0.6) is 0 Å². The molecule has 0 aliphatic carbocycles. The number of hydrogen-bond donors (Lipinski definition) is 1. The summed E-state index contributed by atoms with van der Waals surface area (Å²) in [6.07, 6.45) is 3.51. The number of likely N-dealkylation sites (tertiary alicyclic amines) is 1. The summed E-state index contributed by atoms with van der Waals surface area (Å²) in [5.41, 5.74) is -0.458. The number of nitrogens with one attached hydrogen (secondary N) is 1. The molecule has 7 heteroatoms. The van der Waals surface area contributed by atoms with Crippen molar-refractivity contribution >= 4 is 12.1 Å². The molecule has 0 saturated carbocycles. The second-order valence-electron chi connectivity index (χ2n) is 7.93. The summed E-state index contributed by atoms with van der Waals surface area (Å²) >= 11 is 0. The number of rotatable bonds is 5. The van der Waals surface area contributed by atoms with Gasteiger partial charge in [0.05, 0.1) is 12.8 Å². The van der Waals surface area contributed by atoms with Crippen molar-refractivity contribution in [3.05, 3.63) is 24.2 Å². The van der Waals surface area contributed by atoms with Crippen molar-refractivity contribution < 1.29 is 13.9 Å².